The zero-order valence-corrected chi connectivity index (χ0v) is 17.8. The molecule has 2 heterocycles. The van der Waals surface area contributed by atoms with Crippen molar-refractivity contribution in [2.24, 2.45) is 0 Å². The van der Waals surface area contributed by atoms with E-state index in [1.807, 2.05) is 27.7 Å². The lowest BCUT2D eigenvalue weighted by Crippen LogP contribution is -2.41. The second-order valence-electron chi connectivity index (χ2n) is 8.61. The fourth-order valence-electron chi connectivity index (χ4n) is 2.45. The minimum atomic E-state index is -0.722. The van der Waals surface area contributed by atoms with Gasteiger partial charge in [0, 0.05) is 0 Å². The lowest BCUT2D eigenvalue weighted by atomic mass is 9.79. The quantitative estimate of drug-likeness (QED) is 0.622. The van der Waals surface area contributed by atoms with E-state index in [4.69, 9.17) is 18.8 Å². The predicted octanol–water partition coefficient (Wildman–Crippen LogP) is 2.90. The maximum atomic E-state index is 12.2. The molecule has 1 saturated heterocycles. The van der Waals surface area contributed by atoms with E-state index in [1.54, 1.807) is 39.8 Å². The maximum Gasteiger partial charge on any atom is 0.495 e. The zero-order valence-electron chi connectivity index (χ0n) is 17.8. The summed E-state index contributed by atoms with van der Waals surface area (Å²) in [6.45, 7) is 14.9. The third-order valence-corrected chi connectivity index (χ3v) is 4.49. The number of pyridine rings is 1. The van der Waals surface area contributed by atoms with Crippen LogP contribution in [0.5, 0.6) is 0 Å². The summed E-state index contributed by atoms with van der Waals surface area (Å²) in [7, 11) is -0.722. The number of esters is 1. The van der Waals surface area contributed by atoms with Gasteiger partial charge in [-0.1, -0.05) is 0 Å². The first-order valence-corrected chi connectivity index (χ1v) is 9.29. The number of amides is 1. The van der Waals surface area contributed by atoms with Gasteiger partial charge in [0.25, 0.3) is 0 Å². The molecule has 2 rings (SSSR count). The third kappa shape index (κ3) is 5.23. The Kier molecular flexibility index (Phi) is 6.11. The van der Waals surface area contributed by atoms with Crippen molar-refractivity contribution in [3.8, 4) is 0 Å². The molecule has 0 aromatic carbocycles. The molecular weight excluding hydrogens is 363 g/mol. The molecule has 0 bridgehead atoms. The molecular formula is C19H29BN2O6. The number of aromatic nitrogens is 1. The number of anilines is 1. The van der Waals surface area contributed by atoms with E-state index in [9.17, 15) is 9.59 Å². The number of carbonyl (C=O) groups is 2. The van der Waals surface area contributed by atoms with Crippen molar-refractivity contribution < 1.29 is 28.4 Å². The van der Waals surface area contributed by atoms with Gasteiger partial charge < -0.3 is 18.8 Å². The fraction of sp³-hybridized carbons (Fsp3) is 0.632. The number of nitrogens with one attached hydrogen (secondary N) is 1. The molecule has 1 fully saturated rings. The van der Waals surface area contributed by atoms with Gasteiger partial charge >= 0.3 is 19.2 Å². The van der Waals surface area contributed by atoms with Crippen molar-refractivity contribution in [2.75, 3.05) is 11.9 Å². The Labute approximate surface area is 166 Å². The zero-order chi connectivity index (χ0) is 21.3. The molecule has 1 aromatic heterocycles. The second-order valence-corrected chi connectivity index (χ2v) is 8.61. The van der Waals surface area contributed by atoms with E-state index in [-0.39, 0.29) is 18.1 Å². The molecule has 0 unspecified atom stereocenters. The van der Waals surface area contributed by atoms with Gasteiger partial charge in [-0.2, -0.15) is 0 Å². The Morgan fingerprint density at radius 1 is 1.14 bits per heavy atom. The fourth-order valence-corrected chi connectivity index (χ4v) is 2.45. The van der Waals surface area contributed by atoms with Crippen LogP contribution in [0, 0.1) is 0 Å². The van der Waals surface area contributed by atoms with E-state index >= 15 is 0 Å². The van der Waals surface area contributed by atoms with Gasteiger partial charge in [0.05, 0.1) is 17.8 Å². The lowest BCUT2D eigenvalue weighted by molar-refractivity contribution is 0.00578. The number of hydrogen-bond acceptors (Lipinski definition) is 7. The van der Waals surface area contributed by atoms with E-state index in [1.165, 1.54) is 0 Å². The first-order chi connectivity index (χ1) is 12.7. The standard InChI is InChI=1S/C19H29BN2O6/c1-9-25-15(23)13-10-12(20-27-18(5,6)19(7,8)28-20)11-14(21-13)22-16(24)26-17(2,3)4/h10-11H,9H2,1-8H3,(H,21,22,24). The average Bonchev–Trinajstić information content (AvgIpc) is 2.73. The van der Waals surface area contributed by atoms with Crippen molar-refractivity contribution in [2.45, 2.75) is 72.2 Å². The summed E-state index contributed by atoms with van der Waals surface area (Å²) in [5.41, 5.74) is -1.19. The molecule has 1 aromatic rings. The maximum absolute atomic E-state index is 12.2. The summed E-state index contributed by atoms with van der Waals surface area (Å²) in [6, 6.07) is 3.13. The van der Waals surface area contributed by atoms with Gasteiger partial charge in [-0.3, -0.25) is 5.32 Å². The highest BCUT2D eigenvalue weighted by Gasteiger charge is 2.52. The summed E-state index contributed by atoms with van der Waals surface area (Å²) in [5, 5.41) is 2.55. The van der Waals surface area contributed by atoms with Crippen LogP contribution < -0.4 is 10.8 Å². The highest BCUT2D eigenvalue weighted by molar-refractivity contribution is 6.62. The normalized spacial score (nSPS) is 17.9. The van der Waals surface area contributed by atoms with Gasteiger partial charge in [-0.25, -0.2) is 14.6 Å². The number of rotatable bonds is 4. The van der Waals surface area contributed by atoms with Crippen LogP contribution in [-0.2, 0) is 18.8 Å². The molecule has 0 saturated carbocycles. The smallest absolute Gasteiger partial charge is 0.461 e. The number of nitrogens with zero attached hydrogens (tertiary/aromatic N) is 1. The van der Waals surface area contributed by atoms with Gasteiger partial charge in [-0.15, -0.1) is 0 Å². The van der Waals surface area contributed by atoms with E-state index in [0.29, 0.717) is 5.46 Å². The molecule has 1 N–H and O–H groups in total. The van der Waals surface area contributed by atoms with Crippen LogP contribution in [0.1, 0.15) is 65.9 Å². The molecule has 0 aliphatic carbocycles. The van der Waals surface area contributed by atoms with Crippen LogP contribution in [-0.4, -0.2) is 47.6 Å². The van der Waals surface area contributed by atoms with E-state index in [0.717, 1.165) is 0 Å². The molecule has 1 amide bonds. The van der Waals surface area contributed by atoms with Gasteiger partial charge in [0.15, 0.2) is 0 Å². The molecule has 8 nitrogen and oxygen atoms in total. The molecule has 0 spiro atoms. The van der Waals surface area contributed by atoms with Crippen molar-refractivity contribution in [3.63, 3.8) is 0 Å². The molecule has 9 heteroatoms. The topological polar surface area (TPSA) is 96.0 Å². The highest BCUT2D eigenvalue weighted by Crippen LogP contribution is 2.36. The van der Waals surface area contributed by atoms with E-state index < -0.39 is 36.0 Å². The van der Waals surface area contributed by atoms with E-state index in [2.05, 4.69) is 10.3 Å². The Bertz CT molecular complexity index is 741. The Hall–Kier alpha value is -2.13. The molecule has 0 radical (unpaired) electrons. The summed E-state index contributed by atoms with van der Waals surface area (Å²) < 4.78 is 22.4. The molecule has 154 valence electrons. The minimum Gasteiger partial charge on any atom is -0.461 e. The Balaban J connectivity index is 2.36. The Morgan fingerprint density at radius 2 is 1.71 bits per heavy atom. The number of hydrogen-bond donors (Lipinski definition) is 1. The molecule has 28 heavy (non-hydrogen) atoms. The summed E-state index contributed by atoms with van der Waals surface area (Å²) in [4.78, 5) is 28.5. The van der Waals surface area contributed by atoms with Crippen LogP contribution in [0.15, 0.2) is 12.1 Å². The van der Waals surface area contributed by atoms with Crippen LogP contribution >= 0.6 is 0 Å². The van der Waals surface area contributed by atoms with Crippen LogP contribution in [0.25, 0.3) is 0 Å². The molecule has 0 atom stereocenters. The van der Waals surface area contributed by atoms with Crippen LogP contribution in [0.2, 0.25) is 0 Å². The highest BCUT2D eigenvalue weighted by atomic mass is 16.7. The second kappa shape index (κ2) is 7.71. The van der Waals surface area contributed by atoms with Crippen molar-refractivity contribution in [1.29, 1.82) is 0 Å². The number of carbonyl (C=O) groups excluding carboxylic acids is 2. The largest absolute Gasteiger partial charge is 0.495 e. The Morgan fingerprint density at radius 3 is 2.21 bits per heavy atom. The van der Waals surface area contributed by atoms with Gasteiger partial charge in [0.2, 0.25) is 0 Å². The van der Waals surface area contributed by atoms with Crippen molar-refractivity contribution in [3.05, 3.63) is 17.8 Å². The van der Waals surface area contributed by atoms with Crippen LogP contribution in [0.4, 0.5) is 10.6 Å². The summed E-state index contributed by atoms with van der Waals surface area (Å²) in [5.74, 6) is -0.461. The predicted molar refractivity (Wildman–Crippen MR) is 106 cm³/mol. The average molecular weight is 392 g/mol. The van der Waals surface area contributed by atoms with Crippen LogP contribution in [0.3, 0.4) is 0 Å². The van der Waals surface area contributed by atoms with Crippen molar-refractivity contribution >= 4 is 30.5 Å². The first-order valence-electron chi connectivity index (χ1n) is 9.29. The molecule has 1 aliphatic heterocycles. The first kappa shape index (κ1) is 22.2. The number of ether oxygens (including phenoxy) is 2. The summed E-state index contributed by atoms with van der Waals surface area (Å²) >= 11 is 0. The van der Waals surface area contributed by atoms with Gasteiger partial charge in [0.1, 0.15) is 17.1 Å². The molecule has 1 aliphatic rings. The SMILES string of the molecule is CCOC(=O)c1cc(B2OC(C)(C)C(C)(C)O2)cc(NC(=O)OC(C)(C)C)n1. The monoisotopic (exact) mass is 392 g/mol. The lowest BCUT2D eigenvalue weighted by Gasteiger charge is -2.32. The third-order valence-electron chi connectivity index (χ3n) is 4.49. The summed E-state index contributed by atoms with van der Waals surface area (Å²) in [6.07, 6.45) is -0.680. The van der Waals surface area contributed by atoms with Gasteiger partial charge in [-0.05, 0) is 73.0 Å². The van der Waals surface area contributed by atoms with Crippen molar-refractivity contribution in [1.82, 2.24) is 4.98 Å². The minimum absolute atomic E-state index is 0.0418.